The Kier molecular flexibility index (Phi) is 5.20. The molecule has 4 rings (SSSR count). The topological polar surface area (TPSA) is 82.4 Å². The van der Waals surface area contributed by atoms with Crippen molar-refractivity contribution in [1.82, 2.24) is 14.9 Å². The fourth-order valence-electron chi connectivity index (χ4n) is 3.84. The number of carbonyl (C=O) groups excluding carboxylic acids is 1. The molecule has 7 heteroatoms. The summed E-state index contributed by atoms with van der Waals surface area (Å²) in [5, 5.41) is 3.64. The number of rotatable bonds is 6. The first kappa shape index (κ1) is 19.0. The minimum Gasteiger partial charge on any atom is -0.493 e. The molecule has 1 aromatic heterocycles. The smallest absolute Gasteiger partial charge is 0.261 e. The molecule has 0 saturated heterocycles. The molecule has 1 atom stereocenters. The van der Waals surface area contributed by atoms with Gasteiger partial charge in [0, 0.05) is 13.0 Å². The van der Waals surface area contributed by atoms with Crippen LogP contribution in [0.2, 0.25) is 0 Å². The molecule has 1 N–H and O–H groups in total. The Balaban J connectivity index is 1.44. The highest BCUT2D eigenvalue weighted by atomic mass is 16.5. The van der Waals surface area contributed by atoms with E-state index in [-0.39, 0.29) is 30.5 Å². The van der Waals surface area contributed by atoms with Crippen molar-refractivity contribution in [3.8, 4) is 11.5 Å². The van der Waals surface area contributed by atoms with Gasteiger partial charge in [0.1, 0.15) is 0 Å². The normalized spacial score (nSPS) is 15.2. The van der Waals surface area contributed by atoms with Crippen LogP contribution in [0.25, 0.3) is 10.9 Å². The molecule has 0 fully saturated rings. The molecular weight excluding hydrogens is 370 g/mol. The van der Waals surface area contributed by atoms with Crippen molar-refractivity contribution < 1.29 is 14.3 Å². The van der Waals surface area contributed by atoms with Crippen LogP contribution in [-0.4, -0.2) is 29.7 Å². The third-order valence-electron chi connectivity index (χ3n) is 5.37. The zero-order valence-corrected chi connectivity index (χ0v) is 16.5. The molecule has 0 spiro atoms. The Labute approximate surface area is 168 Å². The number of para-hydroxylation sites is 1. The second-order valence-corrected chi connectivity index (χ2v) is 7.08. The lowest BCUT2D eigenvalue weighted by Gasteiger charge is -2.16. The second kappa shape index (κ2) is 7.95. The fourth-order valence-corrected chi connectivity index (χ4v) is 3.84. The molecule has 1 amide bonds. The first-order valence-electron chi connectivity index (χ1n) is 9.59. The van der Waals surface area contributed by atoms with Crippen molar-refractivity contribution in [3.63, 3.8) is 0 Å². The van der Waals surface area contributed by atoms with Crippen molar-refractivity contribution in [2.24, 2.45) is 0 Å². The van der Waals surface area contributed by atoms with Gasteiger partial charge in [-0.1, -0.05) is 12.1 Å². The summed E-state index contributed by atoms with van der Waals surface area (Å²) in [6.45, 7) is 0.286. The molecule has 0 radical (unpaired) electrons. The standard InChI is InChI=1S/C22H23N3O4/c1-28-19-11-14-7-8-18(16(14)12-20(19)29-2)24-21(26)9-10-25-13-23-17-6-4-3-5-15(17)22(25)27/h3-6,11-13,18H,7-10H2,1-2H3,(H,24,26). The maximum Gasteiger partial charge on any atom is 0.261 e. The highest BCUT2D eigenvalue weighted by Crippen LogP contribution is 2.39. The van der Waals surface area contributed by atoms with Gasteiger partial charge in [0.2, 0.25) is 5.91 Å². The van der Waals surface area contributed by atoms with Crippen molar-refractivity contribution in [2.45, 2.75) is 31.8 Å². The molecule has 29 heavy (non-hydrogen) atoms. The minimum absolute atomic E-state index is 0.0660. The molecule has 0 aliphatic heterocycles. The Morgan fingerprint density at radius 1 is 1.21 bits per heavy atom. The van der Waals surface area contributed by atoms with Crippen LogP contribution in [0.4, 0.5) is 0 Å². The third kappa shape index (κ3) is 3.68. The van der Waals surface area contributed by atoms with Gasteiger partial charge in [-0.2, -0.15) is 0 Å². The molecule has 1 aliphatic carbocycles. The van der Waals surface area contributed by atoms with Crippen molar-refractivity contribution >= 4 is 16.8 Å². The number of benzene rings is 2. The van der Waals surface area contributed by atoms with Gasteiger partial charge < -0.3 is 14.8 Å². The Bertz CT molecular complexity index is 1120. The summed E-state index contributed by atoms with van der Waals surface area (Å²) < 4.78 is 12.2. The third-order valence-corrected chi connectivity index (χ3v) is 5.37. The Hall–Kier alpha value is -3.35. The summed E-state index contributed by atoms with van der Waals surface area (Å²) in [7, 11) is 3.21. The van der Waals surface area contributed by atoms with E-state index in [2.05, 4.69) is 10.3 Å². The number of hydrogen-bond donors (Lipinski definition) is 1. The predicted octanol–water partition coefficient (Wildman–Crippen LogP) is 2.61. The molecule has 1 heterocycles. The second-order valence-electron chi connectivity index (χ2n) is 7.08. The summed E-state index contributed by atoms with van der Waals surface area (Å²) in [5.41, 5.74) is 2.74. The van der Waals surface area contributed by atoms with Gasteiger partial charge >= 0.3 is 0 Å². The van der Waals surface area contributed by atoms with Crippen LogP contribution in [0.15, 0.2) is 47.5 Å². The van der Waals surface area contributed by atoms with E-state index in [0.29, 0.717) is 22.4 Å². The van der Waals surface area contributed by atoms with E-state index in [4.69, 9.17) is 9.47 Å². The molecule has 1 unspecified atom stereocenters. The summed E-state index contributed by atoms with van der Waals surface area (Å²) in [6.07, 6.45) is 3.41. The van der Waals surface area contributed by atoms with Crippen LogP contribution in [-0.2, 0) is 17.8 Å². The number of amides is 1. The Morgan fingerprint density at radius 2 is 1.97 bits per heavy atom. The van der Waals surface area contributed by atoms with Crippen molar-refractivity contribution in [2.75, 3.05) is 14.2 Å². The largest absolute Gasteiger partial charge is 0.493 e. The number of carbonyl (C=O) groups is 1. The maximum atomic E-state index is 12.5. The molecule has 2 aromatic carbocycles. The number of fused-ring (bicyclic) bond motifs is 2. The van der Waals surface area contributed by atoms with Gasteiger partial charge in [-0.05, 0) is 48.2 Å². The van der Waals surface area contributed by atoms with Crippen LogP contribution >= 0.6 is 0 Å². The Morgan fingerprint density at radius 3 is 2.76 bits per heavy atom. The lowest BCUT2D eigenvalue weighted by Crippen LogP contribution is -2.29. The molecular formula is C22H23N3O4. The fraction of sp³-hybridized carbons (Fsp3) is 0.318. The van der Waals surface area contributed by atoms with E-state index in [1.54, 1.807) is 26.4 Å². The van der Waals surface area contributed by atoms with Crippen molar-refractivity contribution in [3.05, 3.63) is 64.2 Å². The number of ether oxygens (including phenoxy) is 2. The molecule has 7 nitrogen and oxygen atoms in total. The number of hydrogen-bond acceptors (Lipinski definition) is 5. The lowest BCUT2D eigenvalue weighted by molar-refractivity contribution is -0.122. The van der Waals surface area contributed by atoms with Gasteiger partial charge in [0.05, 0.1) is 37.5 Å². The first-order chi connectivity index (χ1) is 14.1. The number of nitrogens with one attached hydrogen (secondary N) is 1. The van der Waals surface area contributed by atoms with Gasteiger partial charge in [-0.15, -0.1) is 0 Å². The van der Waals surface area contributed by atoms with Crippen LogP contribution < -0.4 is 20.3 Å². The van der Waals surface area contributed by atoms with Crippen LogP contribution in [0, 0.1) is 0 Å². The molecule has 0 saturated carbocycles. The number of methoxy groups -OCH3 is 2. The van der Waals surface area contributed by atoms with Crippen molar-refractivity contribution in [1.29, 1.82) is 0 Å². The van der Waals surface area contributed by atoms with E-state index < -0.39 is 0 Å². The SMILES string of the molecule is COc1cc2c(cc1OC)C(NC(=O)CCn1cnc3ccccc3c1=O)CC2. The zero-order valence-electron chi connectivity index (χ0n) is 16.5. The van der Waals surface area contributed by atoms with E-state index in [1.807, 2.05) is 24.3 Å². The monoisotopic (exact) mass is 393 g/mol. The molecule has 1 aliphatic rings. The lowest BCUT2D eigenvalue weighted by atomic mass is 10.1. The quantitative estimate of drug-likeness (QED) is 0.696. The average molecular weight is 393 g/mol. The summed E-state index contributed by atoms with van der Waals surface area (Å²) >= 11 is 0. The van der Waals surface area contributed by atoms with Crippen LogP contribution in [0.1, 0.15) is 30.0 Å². The van der Waals surface area contributed by atoms with Gasteiger partial charge in [-0.25, -0.2) is 4.98 Å². The highest BCUT2D eigenvalue weighted by molar-refractivity contribution is 5.78. The summed E-state index contributed by atoms with van der Waals surface area (Å²) in [5.74, 6) is 1.25. The number of aryl methyl sites for hydroxylation is 2. The van der Waals surface area contributed by atoms with E-state index >= 15 is 0 Å². The van der Waals surface area contributed by atoms with Crippen LogP contribution in [0.3, 0.4) is 0 Å². The van der Waals surface area contributed by atoms with E-state index in [0.717, 1.165) is 24.0 Å². The zero-order chi connectivity index (χ0) is 20.4. The molecule has 150 valence electrons. The average Bonchev–Trinajstić information content (AvgIpc) is 3.13. The highest BCUT2D eigenvalue weighted by Gasteiger charge is 2.26. The molecule has 0 bridgehead atoms. The maximum absolute atomic E-state index is 12.5. The number of aromatic nitrogens is 2. The van der Waals surface area contributed by atoms with Crippen LogP contribution in [0.5, 0.6) is 11.5 Å². The number of nitrogens with zero attached hydrogens (tertiary/aromatic N) is 2. The molecule has 3 aromatic rings. The van der Waals surface area contributed by atoms with E-state index in [9.17, 15) is 9.59 Å². The minimum atomic E-state index is -0.133. The first-order valence-corrected chi connectivity index (χ1v) is 9.59. The van der Waals surface area contributed by atoms with Gasteiger partial charge in [0.25, 0.3) is 5.56 Å². The predicted molar refractivity (Wildman–Crippen MR) is 109 cm³/mol. The van der Waals surface area contributed by atoms with Gasteiger partial charge in [0.15, 0.2) is 11.5 Å². The van der Waals surface area contributed by atoms with E-state index in [1.165, 1.54) is 10.9 Å². The van der Waals surface area contributed by atoms with Gasteiger partial charge in [-0.3, -0.25) is 14.2 Å². The summed E-state index contributed by atoms with van der Waals surface area (Å²) in [6, 6.07) is 11.0. The summed E-state index contributed by atoms with van der Waals surface area (Å²) in [4.78, 5) is 29.4.